The Balaban J connectivity index is 2.04. The minimum atomic E-state index is -0.604. The highest BCUT2D eigenvalue weighted by molar-refractivity contribution is 6.31. The fourth-order valence-corrected chi connectivity index (χ4v) is 1.78. The van der Waals surface area contributed by atoms with Crippen molar-refractivity contribution in [3.8, 4) is 5.75 Å². The van der Waals surface area contributed by atoms with Gasteiger partial charge in [-0.2, -0.15) is 0 Å². The maximum atomic E-state index is 12.1. The van der Waals surface area contributed by atoms with E-state index in [1.807, 2.05) is 13.8 Å². The van der Waals surface area contributed by atoms with Crippen LogP contribution in [-0.4, -0.2) is 17.2 Å². The van der Waals surface area contributed by atoms with E-state index in [0.29, 0.717) is 23.0 Å². The summed E-state index contributed by atoms with van der Waals surface area (Å²) >= 11 is 5.95. The molecule has 20 heavy (non-hydrogen) atoms. The van der Waals surface area contributed by atoms with Gasteiger partial charge in [-0.15, -0.1) is 0 Å². The number of rotatable bonds is 5. The zero-order valence-corrected chi connectivity index (χ0v) is 12.0. The summed E-state index contributed by atoms with van der Waals surface area (Å²) in [5.41, 5.74) is 0.899. The number of nitrogens with one attached hydrogen (secondary N) is 1. The van der Waals surface area contributed by atoms with Crippen LogP contribution in [0.4, 0.5) is 5.82 Å². The van der Waals surface area contributed by atoms with Gasteiger partial charge in [0.15, 0.2) is 11.9 Å². The molecule has 0 saturated heterocycles. The zero-order chi connectivity index (χ0) is 14.5. The first kappa shape index (κ1) is 14.4. The number of nitrogens with zero attached hydrogens (tertiary/aromatic N) is 1. The molecule has 0 saturated carbocycles. The average Bonchev–Trinajstić information content (AvgIpc) is 2.92. The molecule has 1 heterocycles. The van der Waals surface area contributed by atoms with E-state index in [1.165, 1.54) is 6.26 Å². The van der Waals surface area contributed by atoms with Crippen molar-refractivity contribution < 1.29 is 14.1 Å². The second-order valence-corrected chi connectivity index (χ2v) is 4.71. The Hall–Kier alpha value is -2.01. The Morgan fingerprint density at radius 1 is 1.50 bits per heavy atom. The molecule has 1 aromatic heterocycles. The zero-order valence-electron chi connectivity index (χ0n) is 11.2. The van der Waals surface area contributed by atoms with Crippen molar-refractivity contribution >= 4 is 23.3 Å². The van der Waals surface area contributed by atoms with Crippen molar-refractivity contribution in [2.24, 2.45) is 0 Å². The third-order valence-electron chi connectivity index (χ3n) is 2.76. The van der Waals surface area contributed by atoms with Crippen molar-refractivity contribution in [2.45, 2.75) is 26.4 Å². The molecule has 0 bridgehead atoms. The van der Waals surface area contributed by atoms with Gasteiger partial charge in [0.2, 0.25) is 0 Å². The van der Waals surface area contributed by atoms with Crippen LogP contribution in [0.2, 0.25) is 5.02 Å². The lowest BCUT2D eigenvalue weighted by Crippen LogP contribution is -2.32. The summed E-state index contributed by atoms with van der Waals surface area (Å²) in [5, 5.41) is 6.91. The van der Waals surface area contributed by atoms with Crippen molar-refractivity contribution in [2.75, 3.05) is 5.32 Å². The second-order valence-electron chi connectivity index (χ2n) is 4.30. The number of hydrogen-bond donors (Lipinski definition) is 1. The molecule has 2 aromatic rings. The lowest BCUT2D eigenvalue weighted by molar-refractivity contribution is -0.122. The topological polar surface area (TPSA) is 64.4 Å². The first-order chi connectivity index (χ1) is 9.60. The molecule has 2 rings (SSSR count). The van der Waals surface area contributed by atoms with E-state index in [0.717, 1.165) is 5.56 Å². The van der Waals surface area contributed by atoms with Crippen molar-refractivity contribution in [1.29, 1.82) is 0 Å². The summed E-state index contributed by atoms with van der Waals surface area (Å²) in [4.78, 5) is 12.1. The van der Waals surface area contributed by atoms with Gasteiger partial charge in [0.05, 0.1) is 0 Å². The van der Waals surface area contributed by atoms with E-state index in [9.17, 15) is 4.79 Å². The molecule has 1 aromatic carbocycles. The predicted molar refractivity (Wildman–Crippen MR) is 76.0 cm³/mol. The van der Waals surface area contributed by atoms with E-state index in [2.05, 4.69) is 15.0 Å². The van der Waals surface area contributed by atoms with Crippen LogP contribution in [0.15, 0.2) is 35.1 Å². The lowest BCUT2D eigenvalue weighted by atomic mass is 10.2. The third-order valence-corrected chi connectivity index (χ3v) is 3.18. The molecule has 0 radical (unpaired) electrons. The summed E-state index contributed by atoms with van der Waals surface area (Å²) in [5.74, 6) is 0.701. The van der Waals surface area contributed by atoms with Crippen molar-refractivity contribution in [3.05, 3.63) is 41.1 Å². The van der Waals surface area contributed by atoms with Crippen molar-refractivity contribution in [3.63, 3.8) is 0 Å². The van der Waals surface area contributed by atoms with E-state index >= 15 is 0 Å². The Morgan fingerprint density at radius 2 is 2.30 bits per heavy atom. The number of amides is 1. The monoisotopic (exact) mass is 294 g/mol. The van der Waals surface area contributed by atoms with Gasteiger partial charge in [-0.3, -0.25) is 4.79 Å². The van der Waals surface area contributed by atoms with E-state index in [-0.39, 0.29) is 5.91 Å². The van der Waals surface area contributed by atoms with Crippen LogP contribution < -0.4 is 10.1 Å². The number of benzene rings is 1. The summed E-state index contributed by atoms with van der Waals surface area (Å²) in [6.07, 6.45) is 1.32. The van der Waals surface area contributed by atoms with Crippen LogP contribution in [0.3, 0.4) is 0 Å². The summed E-state index contributed by atoms with van der Waals surface area (Å²) in [7, 11) is 0. The van der Waals surface area contributed by atoms with Gasteiger partial charge < -0.3 is 14.6 Å². The van der Waals surface area contributed by atoms with Gasteiger partial charge in [0, 0.05) is 11.1 Å². The van der Waals surface area contributed by atoms with Crippen LogP contribution in [0.5, 0.6) is 5.75 Å². The molecule has 0 fully saturated rings. The molecule has 0 aliphatic heterocycles. The quantitative estimate of drug-likeness (QED) is 0.917. The lowest BCUT2D eigenvalue weighted by Gasteiger charge is -2.17. The molecule has 106 valence electrons. The first-order valence-electron chi connectivity index (χ1n) is 6.24. The molecule has 0 spiro atoms. The molecular weight excluding hydrogens is 280 g/mol. The van der Waals surface area contributed by atoms with Gasteiger partial charge in [-0.25, -0.2) is 0 Å². The molecule has 1 atom stereocenters. The summed E-state index contributed by atoms with van der Waals surface area (Å²) < 4.78 is 10.3. The number of anilines is 1. The molecule has 0 aliphatic rings. The van der Waals surface area contributed by atoms with Gasteiger partial charge in [-0.1, -0.05) is 23.7 Å². The maximum Gasteiger partial charge on any atom is 0.266 e. The normalized spacial score (nSPS) is 11.9. The van der Waals surface area contributed by atoms with Gasteiger partial charge in [0.1, 0.15) is 12.0 Å². The molecule has 1 N–H and O–H groups in total. The number of aryl methyl sites for hydroxylation is 1. The Kier molecular flexibility index (Phi) is 4.63. The number of ether oxygens (including phenoxy) is 1. The number of carbonyl (C=O) groups excluding carboxylic acids is 1. The highest BCUT2D eigenvalue weighted by Crippen LogP contribution is 2.22. The third kappa shape index (κ3) is 3.51. The molecule has 0 aliphatic carbocycles. The number of halogens is 1. The largest absolute Gasteiger partial charge is 0.481 e. The van der Waals surface area contributed by atoms with Crippen LogP contribution in [0.1, 0.15) is 18.9 Å². The van der Waals surface area contributed by atoms with Crippen molar-refractivity contribution in [1.82, 2.24) is 5.16 Å². The minimum absolute atomic E-state index is 0.269. The number of carbonyl (C=O) groups is 1. The Bertz CT molecular complexity index is 584. The Morgan fingerprint density at radius 3 is 2.90 bits per heavy atom. The SMILES string of the molecule is CC[C@H](Oc1ccc(Cl)c(C)c1)C(=O)Nc1ccon1. The fraction of sp³-hybridized carbons (Fsp3) is 0.286. The Labute approximate surface area is 121 Å². The molecule has 1 amide bonds. The highest BCUT2D eigenvalue weighted by atomic mass is 35.5. The van der Waals surface area contributed by atoms with Crippen LogP contribution in [0.25, 0.3) is 0 Å². The van der Waals surface area contributed by atoms with Gasteiger partial charge in [0.25, 0.3) is 5.91 Å². The predicted octanol–water partition coefficient (Wildman–Crippen LogP) is 3.43. The second kappa shape index (κ2) is 6.43. The van der Waals surface area contributed by atoms with Crippen LogP contribution in [-0.2, 0) is 4.79 Å². The highest BCUT2D eigenvalue weighted by Gasteiger charge is 2.19. The fourth-order valence-electron chi connectivity index (χ4n) is 1.66. The van der Waals surface area contributed by atoms with E-state index < -0.39 is 6.10 Å². The average molecular weight is 295 g/mol. The smallest absolute Gasteiger partial charge is 0.266 e. The van der Waals surface area contributed by atoms with Crippen LogP contribution in [0, 0.1) is 6.92 Å². The molecule has 6 heteroatoms. The van der Waals surface area contributed by atoms with Gasteiger partial charge >= 0.3 is 0 Å². The van der Waals surface area contributed by atoms with E-state index in [1.54, 1.807) is 24.3 Å². The first-order valence-corrected chi connectivity index (χ1v) is 6.62. The van der Waals surface area contributed by atoms with E-state index in [4.69, 9.17) is 16.3 Å². The molecule has 5 nitrogen and oxygen atoms in total. The van der Waals surface area contributed by atoms with Crippen LogP contribution >= 0.6 is 11.6 Å². The maximum absolute atomic E-state index is 12.1. The summed E-state index contributed by atoms with van der Waals surface area (Å²) in [6.45, 7) is 3.75. The molecular formula is C14H15ClN2O3. The minimum Gasteiger partial charge on any atom is -0.481 e. The number of hydrogen-bond acceptors (Lipinski definition) is 4. The van der Waals surface area contributed by atoms with Gasteiger partial charge in [-0.05, 0) is 37.1 Å². The standard InChI is InChI=1S/C14H15ClN2O3/c1-3-12(14(18)16-13-6-7-19-17-13)20-10-4-5-11(15)9(2)8-10/h4-8,12H,3H2,1-2H3,(H,16,17,18)/t12-/m0/s1. The summed E-state index contributed by atoms with van der Waals surface area (Å²) in [6, 6.07) is 6.85. The molecule has 0 unspecified atom stereocenters. The number of aromatic nitrogens is 1.